The minimum Gasteiger partial charge on any atom is -0.294 e. The fraction of sp³-hybridized carbons (Fsp3) is 0.650. The van der Waals surface area contributed by atoms with Crippen molar-refractivity contribution in [2.24, 2.45) is 5.41 Å². The molecule has 22 heavy (non-hydrogen) atoms. The van der Waals surface area contributed by atoms with Gasteiger partial charge in [0.05, 0.1) is 0 Å². The van der Waals surface area contributed by atoms with Gasteiger partial charge < -0.3 is 0 Å². The van der Waals surface area contributed by atoms with Crippen LogP contribution in [-0.4, -0.2) is 10.7 Å². The van der Waals surface area contributed by atoms with Gasteiger partial charge in [0.1, 0.15) is 0 Å². The molecule has 0 atom stereocenters. The summed E-state index contributed by atoms with van der Waals surface area (Å²) in [5.41, 5.74) is 0.540. The molecule has 2 heteroatoms. The predicted octanol–water partition coefficient (Wildman–Crippen LogP) is 7.38. The number of halogens is 1. The SMILES string of the molecule is CC.CC.CC.CC(C)(Cl)C(C)(C)CC(=O)c1ccccc1. The van der Waals surface area contributed by atoms with Gasteiger partial charge in [-0.2, -0.15) is 0 Å². The van der Waals surface area contributed by atoms with Crippen LogP contribution < -0.4 is 0 Å². The Labute approximate surface area is 144 Å². The molecule has 0 heterocycles. The van der Waals surface area contributed by atoms with Crippen LogP contribution in [0.5, 0.6) is 0 Å². The zero-order valence-corrected chi connectivity index (χ0v) is 17.1. The minimum absolute atomic E-state index is 0.152. The summed E-state index contributed by atoms with van der Waals surface area (Å²) in [6.45, 7) is 20.0. The van der Waals surface area contributed by atoms with Crippen molar-refractivity contribution in [1.29, 1.82) is 0 Å². The second-order valence-electron chi connectivity index (χ2n) is 5.32. The molecule has 0 N–H and O–H groups in total. The second kappa shape index (κ2) is 13.8. The summed E-state index contributed by atoms with van der Waals surface area (Å²) in [6, 6.07) is 9.37. The van der Waals surface area contributed by atoms with Crippen LogP contribution in [0.25, 0.3) is 0 Å². The predicted molar refractivity (Wildman–Crippen MR) is 103 cm³/mol. The number of hydrogen-bond acceptors (Lipinski definition) is 1. The molecule has 0 aliphatic carbocycles. The van der Waals surface area contributed by atoms with Crippen LogP contribution in [0, 0.1) is 5.41 Å². The zero-order valence-electron chi connectivity index (χ0n) is 16.4. The number of rotatable bonds is 4. The van der Waals surface area contributed by atoms with E-state index in [1.165, 1.54) is 0 Å². The highest BCUT2D eigenvalue weighted by Gasteiger charge is 2.36. The van der Waals surface area contributed by atoms with Crippen LogP contribution in [-0.2, 0) is 0 Å². The number of ketones is 1. The molecule has 0 radical (unpaired) electrons. The Morgan fingerprint density at radius 2 is 1.23 bits per heavy atom. The molecule has 0 aromatic heterocycles. The Morgan fingerprint density at radius 1 is 0.864 bits per heavy atom. The van der Waals surface area contributed by atoms with Crippen molar-refractivity contribution >= 4 is 17.4 Å². The lowest BCUT2D eigenvalue weighted by Gasteiger charge is -2.36. The molecule has 0 aliphatic heterocycles. The molecule has 0 aliphatic rings. The van der Waals surface area contributed by atoms with Crippen molar-refractivity contribution in [2.75, 3.05) is 0 Å². The average molecular weight is 329 g/mol. The van der Waals surface area contributed by atoms with Crippen LogP contribution in [0.15, 0.2) is 30.3 Å². The van der Waals surface area contributed by atoms with Gasteiger partial charge in [-0.15, -0.1) is 11.6 Å². The Balaban J connectivity index is -0.000000535. The molecule has 1 aromatic rings. The maximum Gasteiger partial charge on any atom is 0.163 e. The van der Waals surface area contributed by atoms with Gasteiger partial charge in [-0.25, -0.2) is 0 Å². The smallest absolute Gasteiger partial charge is 0.163 e. The van der Waals surface area contributed by atoms with Gasteiger partial charge in [0.2, 0.25) is 0 Å². The molecule has 0 unspecified atom stereocenters. The Kier molecular flexibility index (Phi) is 16.4. The lowest BCUT2D eigenvalue weighted by molar-refractivity contribution is 0.0908. The second-order valence-corrected chi connectivity index (χ2v) is 6.27. The first kappa shape index (κ1) is 26.1. The van der Waals surface area contributed by atoms with Crippen LogP contribution in [0.3, 0.4) is 0 Å². The average Bonchev–Trinajstić information content (AvgIpc) is 2.52. The van der Waals surface area contributed by atoms with E-state index in [2.05, 4.69) is 0 Å². The third-order valence-corrected chi connectivity index (χ3v) is 3.82. The molecular weight excluding hydrogens is 292 g/mol. The summed E-state index contributed by atoms with van der Waals surface area (Å²) in [6.07, 6.45) is 0.466. The summed E-state index contributed by atoms with van der Waals surface area (Å²) < 4.78 is 0. The number of hydrogen-bond donors (Lipinski definition) is 0. The highest BCUT2D eigenvalue weighted by molar-refractivity contribution is 6.24. The highest BCUT2D eigenvalue weighted by Crippen LogP contribution is 2.39. The summed E-state index contributed by atoms with van der Waals surface area (Å²) in [7, 11) is 0. The van der Waals surface area contributed by atoms with Crippen molar-refractivity contribution in [1.82, 2.24) is 0 Å². The first-order chi connectivity index (χ1) is 10.2. The molecule has 1 aromatic carbocycles. The van der Waals surface area contributed by atoms with E-state index < -0.39 is 4.87 Å². The normalized spacial score (nSPS) is 9.95. The molecule has 1 rings (SSSR count). The van der Waals surface area contributed by atoms with E-state index in [1.54, 1.807) is 0 Å². The Hall–Kier alpha value is -0.820. The number of benzene rings is 1. The van der Waals surface area contributed by atoms with E-state index in [0.717, 1.165) is 5.56 Å². The van der Waals surface area contributed by atoms with Crippen molar-refractivity contribution in [3.63, 3.8) is 0 Å². The van der Waals surface area contributed by atoms with Gasteiger partial charge in [-0.05, 0) is 19.3 Å². The van der Waals surface area contributed by atoms with Crippen molar-refractivity contribution in [3.8, 4) is 0 Å². The van der Waals surface area contributed by atoms with Crippen molar-refractivity contribution in [3.05, 3.63) is 35.9 Å². The topological polar surface area (TPSA) is 17.1 Å². The van der Waals surface area contributed by atoms with Gasteiger partial charge >= 0.3 is 0 Å². The summed E-state index contributed by atoms with van der Waals surface area (Å²) in [5.74, 6) is 0.152. The Bertz CT molecular complexity index is 361. The lowest BCUT2D eigenvalue weighted by Crippen LogP contribution is -2.35. The maximum atomic E-state index is 12.0. The molecule has 130 valence electrons. The number of carbonyl (C=O) groups excluding carboxylic acids is 1. The van der Waals surface area contributed by atoms with Gasteiger partial charge in [-0.3, -0.25) is 4.79 Å². The number of alkyl halides is 1. The van der Waals surface area contributed by atoms with Crippen LogP contribution in [0.2, 0.25) is 0 Å². The van der Waals surface area contributed by atoms with E-state index in [9.17, 15) is 4.79 Å². The number of carbonyl (C=O) groups is 1. The maximum absolute atomic E-state index is 12.0. The summed E-state index contributed by atoms with van der Waals surface area (Å²) in [4.78, 5) is 11.7. The third-order valence-electron chi connectivity index (χ3n) is 3.31. The van der Waals surface area contributed by atoms with Gasteiger partial charge in [0, 0.05) is 16.9 Å². The van der Waals surface area contributed by atoms with Crippen molar-refractivity contribution < 1.29 is 4.79 Å². The monoisotopic (exact) mass is 328 g/mol. The standard InChI is InChI=1S/C14H19ClO.3C2H6/c1-13(2,14(3,4)15)10-12(16)11-8-6-5-7-9-11;3*1-2/h5-9H,10H2,1-4H3;3*1-2H3. The first-order valence-electron chi connectivity index (χ1n) is 8.51. The van der Waals surface area contributed by atoms with Crippen LogP contribution in [0.4, 0.5) is 0 Å². The van der Waals surface area contributed by atoms with Gasteiger partial charge in [-0.1, -0.05) is 85.7 Å². The van der Waals surface area contributed by atoms with E-state index >= 15 is 0 Å². The summed E-state index contributed by atoms with van der Waals surface area (Å²) >= 11 is 6.30. The van der Waals surface area contributed by atoms with E-state index in [4.69, 9.17) is 11.6 Å². The Morgan fingerprint density at radius 3 is 1.55 bits per heavy atom. The number of Topliss-reactive ketones (excluding diaryl/α,β-unsaturated/α-hetero) is 1. The molecule has 0 fully saturated rings. The fourth-order valence-corrected chi connectivity index (χ4v) is 1.40. The molecule has 0 saturated heterocycles. The van der Waals surface area contributed by atoms with Crippen LogP contribution in [0.1, 0.15) is 86.0 Å². The fourth-order valence-electron chi connectivity index (χ4n) is 1.34. The highest BCUT2D eigenvalue weighted by atomic mass is 35.5. The van der Waals surface area contributed by atoms with Crippen molar-refractivity contribution in [2.45, 2.75) is 80.5 Å². The molecule has 0 bridgehead atoms. The molecule has 0 spiro atoms. The lowest BCUT2D eigenvalue weighted by atomic mass is 9.75. The largest absolute Gasteiger partial charge is 0.294 e. The quantitative estimate of drug-likeness (QED) is 0.416. The first-order valence-corrected chi connectivity index (χ1v) is 8.89. The van der Waals surface area contributed by atoms with E-state index in [0.29, 0.717) is 6.42 Å². The molecule has 1 nitrogen and oxygen atoms in total. The third kappa shape index (κ3) is 10.00. The zero-order chi connectivity index (χ0) is 18.4. The molecule has 0 saturated carbocycles. The van der Waals surface area contributed by atoms with Gasteiger partial charge in [0.15, 0.2) is 5.78 Å². The van der Waals surface area contributed by atoms with Crippen LogP contribution >= 0.6 is 11.6 Å². The van der Waals surface area contributed by atoms with Gasteiger partial charge in [0.25, 0.3) is 0 Å². The minimum atomic E-state index is -0.391. The summed E-state index contributed by atoms with van der Waals surface area (Å²) in [5, 5.41) is 0. The van der Waals surface area contributed by atoms with E-state index in [-0.39, 0.29) is 11.2 Å². The molecule has 0 amide bonds. The van der Waals surface area contributed by atoms with E-state index in [1.807, 2.05) is 99.6 Å². The molecular formula is C20H37ClO.